The molecule has 8 nitrogen and oxygen atoms in total. The molecule has 2 heterocycles. The van der Waals surface area contributed by atoms with E-state index in [0.717, 1.165) is 0 Å². The number of hydrogen-bond donors (Lipinski definition) is 3. The number of carboxylic acids is 1. The third kappa shape index (κ3) is 2.11. The van der Waals surface area contributed by atoms with Crippen molar-refractivity contribution < 1.29 is 23.9 Å². The monoisotopic (exact) mass is 239 g/mol. The highest BCUT2D eigenvalue weighted by Crippen LogP contribution is 2.29. The summed E-state index contributed by atoms with van der Waals surface area (Å²) in [5.41, 5.74) is 5.52. The second kappa shape index (κ2) is 4.26. The zero-order chi connectivity index (χ0) is 12.4. The third-order valence-electron chi connectivity index (χ3n) is 2.14. The van der Waals surface area contributed by atoms with Crippen LogP contribution in [0, 0.1) is 0 Å². The number of nitrogens with zero attached hydrogens (tertiary/aromatic N) is 2. The summed E-state index contributed by atoms with van der Waals surface area (Å²) in [4.78, 5) is 14.5. The van der Waals surface area contributed by atoms with Crippen LogP contribution >= 0.6 is 0 Å². The van der Waals surface area contributed by atoms with Crippen LogP contribution in [0.1, 0.15) is 5.56 Å². The molecule has 0 aliphatic heterocycles. The average Bonchev–Trinajstić information content (AvgIpc) is 2.89. The predicted octanol–water partition coefficient (Wildman–Crippen LogP) is -0.0104. The Balaban J connectivity index is 2.33. The van der Waals surface area contributed by atoms with Gasteiger partial charge in [-0.3, -0.25) is 4.79 Å². The van der Waals surface area contributed by atoms with Gasteiger partial charge in [-0.25, -0.2) is 4.98 Å². The van der Waals surface area contributed by atoms with Crippen molar-refractivity contribution in [1.82, 2.24) is 10.1 Å². The van der Waals surface area contributed by atoms with E-state index in [0.29, 0.717) is 0 Å². The van der Waals surface area contributed by atoms with Gasteiger partial charge < -0.3 is 24.9 Å². The van der Waals surface area contributed by atoms with E-state index in [-0.39, 0.29) is 23.6 Å². The second-order valence-electron chi connectivity index (χ2n) is 3.30. The summed E-state index contributed by atoms with van der Waals surface area (Å²) in [7, 11) is 0. The standard InChI is InChI=1S/C9H9N3O5/c10-5(9(14)15)3-4-6(17-12-7(4)13)8-11-1-2-16-8/h1-2,5H,3,10H2,(H,12,13)(H,14,15). The van der Waals surface area contributed by atoms with Crippen LogP contribution in [0.5, 0.6) is 5.88 Å². The van der Waals surface area contributed by atoms with Crippen LogP contribution in [0.3, 0.4) is 0 Å². The number of carbonyl (C=O) groups is 1. The molecule has 8 heteroatoms. The molecule has 1 unspecified atom stereocenters. The summed E-state index contributed by atoms with van der Waals surface area (Å²) in [5, 5.41) is 21.5. The highest BCUT2D eigenvalue weighted by atomic mass is 16.5. The molecule has 0 spiro atoms. The van der Waals surface area contributed by atoms with Crippen LogP contribution in [-0.4, -0.2) is 32.4 Å². The van der Waals surface area contributed by atoms with Gasteiger partial charge in [0.1, 0.15) is 12.3 Å². The Morgan fingerprint density at radius 3 is 2.94 bits per heavy atom. The number of aromatic nitrogens is 2. The molecule has 0 aliphatic carbocycles. The fourth-order valence-electron chi connectivity index (χ4n) is 1.30. The smallest absolute Gasteiger partial charge is 0.320 e. The van der Waals surface area contributed by atoms with E-state index in [1.54, 1.807) is 0 Å². The first-order chi connectivity index (χ1) is 8.09. The maximum absolute atomic E-state index is 10.6. The number of hydrogen-bond acceptors (Lipinski definition) is 7. The van der Waals surface area contributed by atoms with Crippen molar-refractivity contribution in [1.29, 1.82) is 0 Å². The van der Waals surface area contributed by atoms with Crippen molar-refractivity contribution in [3.8, 4) is 17.5 Å². The van der Waals surface area contributed by atoms with Crippen LogP contribution in [0.15, 0.2) is 21.4 Å². The lowest BCUT2D eigenvalue weighted by molar-refractivity contribution is -0.138. The molecular formula is C9H9N3O5. The minimum Gasteiger partial charge on any atom is -0.491 e. The van der Waals surface area contributed by atoms with Gasteiger partial charge in [0, 0.05) is 6.42 Å². The zero-order valence-corrected chi connectivity index (χ0v) is 8.53. The first-order valence-electron chi connectivity index (χ1n) is 4.65. The molecule has 0 fully saturated rings. The molecule has 0 aliphatic rings. The Labute approximate surface area is 94.7 Å². The second-order valence-corrected chi connectivity index (χ2v) is 3.30. The van der Waals surface area contributed by atoms with Gasteiger partial charge in [0.15, 0.2) is 0 Å². The quantitative estimate of drug-likeness (QED) is 0.677. The minimum atomic E-state index is -1.19. The number of nitrogens with two attached hydrogens (primary N) is 1. The number of rotatable bonds is 4. The van der Waals surface area contributed by atoms with Crippen molar-refractivity contribution in [2.45, 2.75) is 12.5 Å². The van der Waals surface area contributed by atoms with Crippen molar-refractivity contribution in [2.75, 3.05) is 0 Å². The Kier molecular flexibility index (Phi) is 2.79. The molecule has 0 bridgehead atoms. The maximum atomic E-state index is 10.6. The first-order valence-corrected chi connectivity index (χ1v) is 4.65. The summed E-state index contributed by atoms with van der Waals surface area (Å²) in [6.45, 7) is 0. The largest absolute Gasteiger partial charge is 0.491 e. The Morgan fingerprint density at radius 2 is 2.35 bits per heavy atom. The van der Waals surface area contributed by atoms with Gasteiger partial charge >= 0.3 is 5.97 Å². The molecule has 0 amide bonds. The van der Waals surface area contributed by atoms with Crippen LogP contribution in [-0.2, 0) is 11.2 Å². The lowest BCUT2D eigenvalue weighted by Crippen LogP contribution is -2.32. The lowest BCUT2D eigenvalue weighted by Gasteiger charge is -2.04. The highest BCUT2D eigenvalue weighted by molar-refractivity contribution is 5.74. The number of aromatic hydroxyl groups is 1. The number of carboxylic acid groups (broad SMARTS) is 1. The van der Waals surface area contributed by atoms with Crippen molar-refractivity contribution in [3.05, 3.63) is 18.0 Å². The van der Waals surface area contributed by atoms with Crippen molar-refractivity contribution in [2.24, 2.45) is 5.73 Å². The Bertz CT molecular complexity index is 519. The molecule has 2 aromatic rings. The van der Waals surface area contributed by atoms with E-state index in [4.69, 9.17) is 19.8 Å². The number of oxazole rings is 1. The van der Waals surface area contributed by atoms with Gasteiger partial charge in [-0.2, -0.15) is 0 Å². The fourth-order valence-corrected chi connectivity index (χ4v) is 1.30. The zero-order valence-electron chi connectivity index (χ0n) is 8.53. The molecule has 4 N–H and O–H groups in total. The summed E-state index contributed by atoms with van der Waals surface area (Å²) in [6.07, 6.45) is 2.56. The normalized spacial score (nSPS) is 12.5. The van der Waals surface area contributed by atoms with Crippen molar-refractivity contribution >= 4 is 5.97 Å². The van der Waals surface area contributed by atoms with Crippen LogP contribution in [0.4, 0.5) is 0 Å². The first kappa shape index (κ1) is 11.1. The van der Waals surface area contributed by atoms with E-state index in [2.05, 4.69) is 10.1 Å². The van der Waals surface area contributed by atoms with Crippen LogP contribution in [0.2, 0.25) is 0 Å². The van der Waals surface area contributed by atoms with Gasteiger partial charge in [0.05, 0.1) is 11.8 Å². The fraction of sp³-hybridized carbons (Fsp3) is 0.222. The Morgan fingerprint density at radius 1 is 1.59 bits per heavy atom. The molecule has 0 aromatic carbocycles. The third-order valence-corrected chi connectivity index (χ3v) is 2.14. The van der Waals surface area contributed by atoms with Gasteiger partial charge in [-0.05, 0) is 5.16 Å². The molecule has 2 rings (SSSR count). The van der Waals surface area contributed by atoms with E-state index < -0.39 is 17.9 Å². The number of aliphatic carboxylic acids is 1. The Hall–Kier alpha value is -2.35. The van der Waals surface area contributed by atoms with Crippen LogP contribution in [0.25, 0.3) is 11.7 Å². The summed E-state index contributed by atoms with van der Waals surface area (Å²) in [6, 6.07) is -1.17. The summed E-state index contributed by atoms with van der Waals surface area (Å²) in [5.74, 6) is -1.44. The van der Waals surface area contributed by atoms with E-state index in [1.165, 1.54) is 12.5 Å². The molecule has 17 heavy (non-hydrogen) atoms. The van der Waals surface area contributed by atoms with E-state index >= 15 is 0 Å². The summed E-state index contributed by atoms with van der Waals surface area (Å²) >= 11 is 0. The lowest BCUT2D eigenvalue weighted by atomic mass is 10.1. The molecular weight excluding hydrogens is 230 g/mol. The molecule has 0 saturated carbocycles. The average molecular weight is 239 g/mol. The highest BCUT2D eigenvalue weighted by Gasteiger charge is 2.24. The molecule has 90 valence electrons. The predicted molar refractivity (Wildman–Crippen MR) is 53.0 cm³/mol. The SMILES string of the molecule is NC(Cc1c(O)noc1-c1ncco1)C(=O)O. The minimum absolute atomic E-state index is 0.0733. The maximum Gasteiger partial charge on any atom is 0.320 e. The topological polar surface area (TPSA) is 136 Å². The molecule has 0 radical (unpaired) electrons. The van der Waals surface area contributed by atoms with Crippen molar-refractivity contribution in [3.63, 3.8) is 0 Å². The van der Waals surface area contributed by atoms with E-state index in [9.17, 15) is 9.90 Å². The summed E-state index contributed by atoms with van der Waals surface area (Å²) < 4.78 is 9.79. The van der Waals surface area contributed by atoms with Crippen LogP contribution < -0.4 is 5.73 Å². The van der Waals surface area contributed by atoms with Gasteiger partial charge in [-0.1, -0.05) is 0 Å². The molecule has 0 saturated heterocycles. The van der Waals surface area contributed by atoms with Gasteiger partial charge in [-0.15, -0.1) is 0 Å². The van der Waals surface area contributed by atoms with Gasteiger partial charge in [0.25, 0.3) is 11.8 Å². The van der Waals surface area contributed by atoms with E-state index in [1.807, 2.05) is 0 Å². The molecule has 1 atom stereocenters. The van der Waals surface area contributed by atoms with Gasteiger partial charge in [0.2, 0.25) is 5.76 Å². The molecule has 2 aromatic heterocycles.